The van der Waals surface area contributed by atoms with Crippen LogP contribution in [0.5, 0.6) is 0 Å². The van der Waals surface area contributed by atoms with Crippen LogP contribution in [0.4, 0.5) is 0 Å². The lowest BCUT2D eigenvalue weighted by molar-refractivity contribution is 0.267. The normalized spacial score (nSPS) is 13.6. The van der Waals surface area contributed by atoms with Crippen LogP contribution in [0.25, 0.3) is 0 Å². The van der Waals surface area contributed by atoms with Crippen LogP contribution in [-0.4, -0.2) is 13.3 Å². The minimum atomic E-state index is 0.105. The van der Waals surface area contributed by atoms with Crippen LogP contribution in [0.15, 0.2) is 47.5 Å². The molecular formula is C17H25N. The molecule has 0 spiro atoms. The quantitative estimate of drug-likeness (QED) is 0.528. The lowest BCUT2D eigenvalue weighted by atomic mass is 9.64. The summed E-state index contributed by atoms with van der Waals surface area (Å²) in [6, 6.07) is 10.7. The number of allylic oxidation sites excluding steroid dienone is 2. The summed E-state index contributed by atoms with van der Waals surface area (Å²) in [4.78, 5) is 4.00. The average Bonchev–Trinajstić information content (AvgIpc) is 2.35. The van der Waals surface area contributed by atoms with Gasteiger partial charge in [0.25, 0.3) is 0 Å². The molecule has 18 heavy (non-hydrogen) atoms. The fraction of sp³-hybridized carbons (Fsp3) is 0.471. The van der Waals surface area contributed by atoms with E-state index < -0.39 is 0 Å². The molecule has 1 heteroatoms. The van der Waals surface area contributed by atoms with Crippen LogP contribution in [0.1, 0.15) is 39.7 Å². The van der Waals surface area contributed by atoms with Gasteiger partial charge in [-0.05, 0) is 16.4 Å². The van der Waals surface area contributed by atoms with Crippen LogP contribution in [0.2, 0.25) is 0 Å². The number of hydrogen-bond acceptors (Lipinski definition) is 1. The van der Waals surface area contributed by atoms with E-state index >= 15 is 0 Å². The number of benzene rings is 1. The van der Waals surface area contributed by atoms with Crippen LogP contribution in [-0.2, 0) is 5.41 Å². The molecule has 0 radical (unpaired) electrons. The van der Waals surface area contributed by atoms with E-state index in [-0.39, 0.29) is 10.8 Å². The molecule has 0 N–H and O–H groups in total. The van der Waals surface area contributed by atoms with Crippen LogP contribution in [0.3, 0.4) is 0 Å². The second kappa shape index (κ2) is 5.99. The van der Waals surface area contributed by atoms with Gasteiger partial charge >= 0.3 is 0 Å². The van der Waals surface area contributed by atoms with E-state index in [1.165, 1.54) is 5.56 Å². The summed E-state index contributed by atoms with van der Waals surface area (Å²) < 4.78 is 0. The van der Waals surface area contributed by atoms with E-state index in [1.807, 2.05) is 13.3 Å². The van der Waals surface area contributed by atoms with E-state index in [2.05, 4.69) is 75.2 Å². The van der Waals surface area contributed by atoms with Gasteiger partial charge in [0.05, 0.1) is 0 Å². The largest absolute Gasteiger partial charge is 0.301 e. The topological polar surface area (TPSA) is 12.4 Å². The molecule has 0 aliphatic carbocycles. The summed E-state index contributed by atoms with van der Waals surface area (Å²) >= 11 is 0. The molecule has 0 fully saturated rings. The van der Waals surface area contributed by atoms with Crippen LogP contribution < -0.4 is 0 Å². The molecule has 1 aromatic carbocycles. The number of aliphatic imine (C=N–C) groups is 1. The van der Waals surface area contributed by atoms with Crippen molar-refractivity contribution in [2.45, 2.75) is 39.5 Å². The minimum Gasteiger partial charge on any atom is -0.301 e. The zero-order valence-electron chi connectivity index (χ0n) is 12.3. The number of nitrogens with zero attached hydrogens (tertiary/aromatic N) is 1. The van der Waals surface area contributed by atoms with Gasteiger partial charge in [-0.25, -0.2) is 0 Å². The molecule has 0 aliphatic rings. The Kier molecular flexibility index (Phi) is 4.89. The van der Waals surface area contributed by atoms with Gasteiger partial charge in [-0.3, -0.25) is 0 Å². The summed E-state index contributed by atoms with van der Waals surface area (Å²) in [5, 5.41) is 0. The van der Waals surface area contributed by atoms with Crippen molar-refractivity contribution < 1.29 is 0 Å². The maximum absolute atomic E-state index is 4.00. The molecule has 0 amide bonds. The molecular weight excluding hydrogens is 218 g/mol. The molecule has 1 nitrogen and oxygen atoms in total. The van der Waals surface area contributed by atoms with Gasteiger partial charge in [-0.2, -0.15) is 0 Å². The summed E-state index contributed by atoms with van der Waals surface area (Å²) in [5.41, 5.74) is 1.59. The van der Waals surface area contributed by atoms with Crippen molar-refractivity contribution in [3.8, 4) is 0 Å². The zero-order valence-corrected chi connectivity index (χ0v) is 12.3. The summed E-state index contributed by atoms with van der Waals surface area (Å²) in [6.45, 7) is 9.19. The second-order valence-corrected chi connectivity index (χ2v) is 5.79. The first kappa shape index (κ1) is 14.7. The monoisotopic (exact) mass is 243 g/mol. The summed E-state index contributed by atoms with van der Waals surface area (Å²) in [7, 11) is 1.81. The van der Waals surface area contributed by atoms with Gasteiger partial charge in [0.15, 0.2) is 0 Å². The zero-order chi connectivity index (χ0) is 13.6. The van der Waals surface area contributed by atoms with Crippen molar-refractivity contribution in [2.75, 3.05) is 7.05 Å². The first-order chi connectivity index (χ1) is 8.42. The lowest BCUT2D eigenvalue weighted by Crippen LogP contribution is -2.34. The van der Waals surface area contributed by atoms with Crippen molar-refractivity contribution >= 4 is 6.21 Å². The Hall–Kier alpha value is -1.37. The van der Waals surface area contributed by atoms with Crippen molar-refractivity contribution in [3.63, 3.8) is 0 Å². The molecule has 1 aromatic rings. The van der Waals surface area contributed by atoms with Gasteiger partial charge in [0.2, 0.25) is 0 Å². The Morgan fingerprint density at radius 3 is 2.22 bits per heavy atom. The van der Waals surface area contributed by atoms with Crippen molar-refractivity contribution in [2.24, 2.45) is 10.4 Å². The number of rotatable bonds is 5. The third-order valence-corrected chi connectivity index (χ3v) is 4.06. The van der Waals surface area contributed by atoms with E-state index in [1.54, 1.807) is 0 Å². The average molecular weight is 243 g/mol. The van der Waals surface area contributed by atoms with Crippen molar-refractivity contribution in [1.29, 1.82) is 0 Å². The smallest absolute Gasteiger partial charge is 0.0273 e. The predicted octanol–water partition coefficient (Wildman–Crippen LogP) is 4.64. The molecule has 98 valence electrons. The SMILES string of the molecule is C/N=C/C/C=C\C(C)(C)C(C)(C)c1ccccc1. The second-order valence-electron chi connectivity index (χ2n) is 5.79. The Balaban J connectivity index is 2.92. The first-order valence-corrected chi connectivity index (χ1v) is 6.55. The molecule has 0 unspecified atom stereocenters. The Bertz CT molecular complexity index is 410. The van der Waals surface area contributed by atoms with E-state index in [4.69, 9.17) is 0 Å². The Morgan fingerprint density at radius 1 is 1.06 bits per heavy atom. The fourth-order valence-electron chi connectivity index (χ4n) is 1.96. The standard InChI is InChI=1S/C17H25N/c1-16(2,13-9-10-14-18-5)17(3,4)15-11-7-6-8-12-15/h6-9,11-14H,10H2,1-5H3/b13-9-,18-14+. The van der Waals surface area contributed by atoms with Gasteiger partial charge in [0, 0.05) is 19.7 Å². The molecule has 1 rings (SSSR count). The highest BCUT2D eigenvalue weighted by atomic mass is 14.6. The van der Waals surface area contributed by atoms with Crippen molar-refractivity contribution in [3.05, 3.63) is 48.0 Å². The van der Waals surface area contributed by atoms with E-state index in [0.29, 0.717) is 0 Å². The molecule has 0 heterocycles. The molecule has 0 aliphatic heterocycles. The highest BCUT2D eigenvalue weighted by Gasteiger charge is 2.35. The summed E-state index contributed by atoms with van der Waals surface area (Å²) in [5.74, 6) is 0. The third kappa shape index (κ3) is 3.32. The molecule has 0 aromatic heterocycles. The van der Waals surface area contributed by atoms with E-state index in [9.17, 15) is 0 Å². The Morgan fingerprint density at radius 2 is 1.67 bits per heavy atom. The van der Waals surface area contributed by atoms with Gasteiger partial charge in [-0.15, -0.1) is 0 Å². The molecule has 0 bridgehead atoms. The maximum Gasteiger partial charge on any atom is 0.0273 e. The highest BCUT2D eigenvalue weighted by Crippen LogP contribution is 2.42. The third-order valence-electron chi connectivity index (χ3n) is 4.06. The predicted molar refractivity (Wildman–Crippen MR) is 81.4 cm³/mol. The Labute approximate surface area is 112 Å². The minimum absolute atomic E-state index is 0.105. The molecule has 0 atom stereocenters. The highest BCUT2D eigenvalue weighted by molar-refractivity contribution is 5.59. The molecule has 0 saturated heterocycles. The fourth-order valence-corrected chi connectivity index (χ4v) is 1.96. The first-order valence-electron chi connectivity index (χ1n) is 6.55. The van der Waals surface area contributed by atoms with Gasteiger partial charge in [-0.1, -0.05) is 70.2 Å². The molecule has 0 saturated carbocycles. The lowest BCUT2D eigenvalue weighted by Gasteiger charge is -2.40. The number of hydrogen-bond donors (Lipinski definition) is 0. The van der Waals surface area contributed by atoms with Crippen LogP contribution in [0, 0.1) is 5.41 Å². The van der Waals surface area contributed by atoms with Crippen molar-refractivity contribution in [1.82, 2.24) is 0 Å². The van der Waals surface area contributed by atoms with Gasteiger partial charge in [0.1, 0.15) is 0 Å². The summed E-state index contributed by atoms with van der Waals surface area (Å²) in [6.07, 6.45) is 7.35. The van der Waals surface area contributed by atoms with Crippen LogP contribution >= 0.6 is 0 Å². The maximum atomic E-state index is 4.00. The van der Waals surface area contributed by atoms with E-state index in [0.717, 1.165) is 6.42 Å². The van der Waals surface area contributed by atoms with Gasteiger partial charge < -0.3 is 4.99 Å².